The van der Waals surface area contributed by atoms with Crippen LogP contribution in [0.5, 0.6) is 5.75 Å². The number of benzene rings is 1. The summed E-state index contributed by atoms with van der Waals surface area (Å²) >= 11 is 0. The summed E-state index contributed by atoms with van der Waals surface area (Å²) in [7, 11) is 1.25. The van der Waals surface area contributed by atoms with Crippen molar-refractivity contribution in [1.29, 1.82) is 0 Å². The SMILES string of the molecule is COC(=O)[C@@H](C)NC(=O)c1cccc(O)c1. The number of nitrogens with one attached hydrogen (secondary N) is 1. The van der Waals surface area contributed by atoms with Crippen molar-refractivity contribution in [2.24, 2.45) is 0 Å². The van der Waals surface area contributed by atoms with Crippen LogP contribution in [-0.4, -0.2) is 30.1 Å². The highest BCUT2D eigenvalue weighted by atomic mass is 16.5. The summed E-state index contributed by atoms with van der Waals surface area (Å²) in [4.78, 5) is 22.7. The Kier molecular flexibility index (Phi) is 3.88. The zero-order chi connectivity index (χ0) is 12.1. The lowest BCUT2D eigenvalue weighted by molar-refractivity contribution is -0.142. The van der Waals surface area contributed by atoms with Crippen molar-refractivity contribution >= 4 is 11.9 Å². The topological polar surface area (TPSA) is 75.6 Å². The summed E-state index contributed by atoms with van der Waals surface area (Å²) in [5.74, 6) is -0.958. The third-order valence-corrected chi connectivity index (χ3v) is 2.01. The van der Waals surface area contributed by atoms with Gasteiger partial charge in [-0.25, -0.2) is 4.79 Å². The third kappa shape index (κ3) is 2.98. The van der Waals surface area contributed by atoms with Crippen molar-refractivity contribution in [3.05, 3.63) is 29.8 Å². The second-order valence-electron chi connectivity index (χ2n) is 3.27. The molecule has 0 aromatic heterocycles. The highest BCUT2D eigenvalue weighted by Crippen LogP contribution is 2.10. The molecule has 0 heterocycles. The van der Waals surface area contributed by atoms with Gasteiger partial charge in [0, 0.05) is 5.56 Å². The van der Waals surface area contributed by atoms with E-state index < -0.39 is 17.9 Å². The van der Waals surface area contributed by atoms with Crippen molar-refractivity contribution < 1.29 is 19.4 Å². The fraction of sp³-hybridized carbons (Fsp3) is 0.273. The van der Waals surface area contributed by atoms with Gasteiger partial charge in [0.1, 0.15) is 11.8 Å². The van der Waals surface area contributed by atoms with Gasteiger partial charge >= 0.3 is 5.97 Å². The maximum absolute atomic E-state index is 11.6. The van der Waals surface area contributed by atoms with Crippen molar-refractivity contribution in [3.8, 4) is 5.75 Å². The van der Waals surface area contributed by atoms with Crippen LogP contribution in [0.15, 0.2) is 24.3 Å². The van der Waals surface area contributed by atoms with E-state index in [0.717, 1.165) is 0 Å². The molecule has 1 aromatic carbocycles. The molecule has 0 unspecified atom stereocenters. The normalized spacial score (nSPS) is 11.6. The molecule has 0 radical (unpaired) electrons. The van der Waals surface area contributed by atoms with Crippen molar-refractivity contribution in [1.82, 2.24) is 5.32 Å². The zero-order valence-corrected chi connectivity index (χ0v) is 9.06. The van der Waals surface area contributed by atoms with Crippen LogP contribution in [0.4, 0.5) is 0 Å². The fourth-order valence-corrected chi connectivity index (χ4v) is 1.16. The van der Waals surface area contributed by atoms with Crippen LogP contribution in [0.2, 0.25) is 0 Å². The van der Waals surface area contributed by atoms with Gasteiger partial charge < -0.3 is 15.2 Å². The Labute approximate surface area is 93.0 Å². The maximum atomic E-state index is 11.6. The molecule has 1 rings (SSSR count). The number of esters is 1. The maximum Gasteiger partial charge on any atom is 0.328 e. The van der Waals surface area contributed by atoms with E-state index in [2.05, 4.69) is 10.1 Å². The molecular formula is C11H13NO4. The predicted molar refractivity (Wildman–Crippen MR) is 57.1 cm³/mol. The fourth-order valence-electron chi connectivity index (χ4n) is 1.16. The predicted octanol–water partition coefficient (Wildman–Crippen LogP) is 0.683. The van der Waals surface area contributed by atoms with E-state index in [1.807, 2.05) is 0 Å². The summed E-state index contributed by atoms with van der Waals surface area (Å²) in [5.41, 5.74) is 0.288. The third-order valence-electron chi connectivity index (χ3n) is 2.01. The number of carbonyl (C=O) groups is 2. The van der Waals surface area contributed by atoms with Crippen LogP contribution >= 0.6 is 0 Å². The Morgan fingerprint density at radius 3 is 2.69 bits per heavy atom. The minimum Gasteiger partial charge on any atom is -0.508 e. The molecule has 16 heavy (non-hydrogen) atoms. The molecule has 86 valence electrons. The van der Waals surface area contributed by atoms with E-state index in [1.54, 1.807) is 12.1 Å². The summed E-state index contributed by atoms with van der Waals surface area (Å²) in [6.45, 7) is 1.52. The number of aromatic hydroxyl groups is 1. The van der Waals surface area contributed by atoms with E-state index >= 15 is 0 Å². The average molecular weight is 223 g/mol. The minimum absolute atomic E-state index is 0.00151. The number of hydrogen-bond donors (Lipinski definition) is 2. The molecule has 0 saturated carbocycles. The number of phenolic OH excluding ortho intramolecular Hbond substituents is 1. The highest BCUT2D eigenvalue weighted by molar-refractivity contribution is 5.96. The van der Waals surface area contributed by atoms with Gasteiger partial charge in [-0.2, -0.15) is 0 Å². The second-order valence-corrected chi connectivity index (χ2v) is 3.27. The summed E-state index contributed by atoms with van der Waals surface area (Å²) < 4.78 is 4.47. The van der Waals surface area contributed by atoms with E-state index in [-0.39, 0.29) is 11.3 Å². The molecule has 1 aromatic rings. The lowest BCUT2D eigenvalue weighted by atomic mass is 10.2. The van der Waals surface area contributed by atoms with Gasteiger partial charge in [-0.1, -0.05) is 6.07 Å². The molecule has 0 spiro atoms. The van der Waals surface area contributed by atoms with E-state index in [1.165, 1.54) is 26.2 Å². The molecule has 1 atom stereocenters. The van der Waals surface area contributed by atoms with Crippen LogP contribution in [0.3, 0.4) is 0 Å². The quantitative estimate of drug-likeness (QED) is 0.739. The Bertz CT molecular complexity index is 403. The number of ether oxygens (including phenoxy) is 1. The number of hydrogen-bond acceptors (Lipinski definition) is 4. The standard InChI is InChI=1S/C11H13NO4/c1-7(11(15)16-2)12-10(14)8-4-3-5-9(13)6-8/h3-7,13H,1-2H3,(H,12,14)/t7-/m1/s1. The van der Waals surface area contributed by atoms with E-state index in [9.17, 15) is 14.7 Å². The minimum atomic E-state index is -0.722. The average Bonchev–Trinajstić information content (AvgIpc) is 2.27. The molecule has 0 fully saturated rings. The van der Waals surface area contributed by atoms with E-state index in [4.69, 9.17) is 0 Å². The van der Waals surface area contributed by atoms with Crippen molar-refractivity contribution in [2.45, 2.75) is 13.0 Å². The summed E-state index contributed by atoms with van der Waals surface area (Å²) in [6, 6.07) is 5.14. The Hall–Kier alpha value is -2.04. The van der Waals surface area contributed by atoms with Crippen LogP contribution < -0.4 is 5.32 Å². The number of carbonyl (C=O) groups excluding carboxylic acids is 2. The number of methoxy groups -OCH3 is 1. The lowest BCUT2D eigenvalue weighted by Crippen LogP contribution is -2.39. The molecule has 0 bridgehead atoms. The highest BCUT2D eigenvalue weighted by Gasteiger charge is 2.16. The first-order valence-electron chi connectivity index (χ1n) is 4.72. The molecule has 2 N–H and O–H groups in total. The van der Waals surface area contributed by atoms with Crippen LogP contribution in [0, 0.1) is 0 Å². The van der Waals surface area contributed by atoms with Gasteiger partial charge in [0.05, 0.1) is 7.11 Å². The van der Waals surface area contributed by atoms with Gasteiger partial charge in [-0.05, 0) is 25.1 Å². The van der Waals surface area contributed by atoms with Gasteiger partial charge in [-0.15, -0.1) is 0 Å². The van der Waals surface area contributed by atoms with E-state index in [0.29, 0.717) is 0 Å². The van der Waals surface area contributed by atoms with Crippen molar-refractivity contribution in [2.75, 3.05) is 7.11 Å². The molecular weight excluding hydrogens is 210 g/mol. The smallest absolute Gasteiger partial charge is 0.328 e. The second kappa shape index (κ2) is 5.16. The first-order valence-corrected chi connectivity index (χ1v) is 4.72. The Morgan fingerprint density at radius 1 is 1.44 bits per heavy atom. The van der Waals surface area contributed by atoms with Gasteiger partial charge in [0.25, 0.3) is 5.91 Å². The number of phenols is 1. The summed E-state index contributed by atoms with van der Waals surface area (Å²) in [5, 5.41) is 11.6. The summed E-state index contributed by atoms with van der Waals surface area (Å²) in [6.07, 6.45) is 0. The number of rotatable bonds is 3. The van der Waals surface area contributed by atoms with Gasteiger partial charge in [0.15, 0.2) is 0 Å². The molecule has 0 aliphatic rings. The van der Waals surface area contributed by atoms with Gasteiger partial charge in [-0.3, -0.25) is 4.79 Å². The first kappa shape index (κ1) is 12.0. The monoisotopic (exact) mass is 223 g/mol. The lowest BCUT2D eigenvalue weighted by Gasteiger charge is -2.11. The molecule has 5 heteroatoms. The largest absolute Gasteiger partial charge is 0.508 e. The Balaban J connectivity index is 2.69. The molecule has 0 aliphatic carbocycles. The van der Waals surface area contributed by atoms with Crippen LogP contribution in [0.25, 0.3) is 0 Å². The molecule has 0 aliphatic heterocycles. The molecule has 0 saturated heterocycles. The zero-order valence-electron chi connectivity index (χ0n) is 9.06. The van der Waals surface area contributed by atoms with Gasteiger partial charge in [0.2, 0.25) is 0 Å². The Morgan fingerprint density at radius 2 is 2.12 bits per heavy atom. The molecule has 5 nitrogen and oxygen atoms in total. The van der Waals surface area contributed by atoms with Crippen LogP contribution in [0.1, 0.15) is 17.3 Å². The van der Waals surface area contributed by atoms with Crippen molar-refractivity contribution in [3.63, 3.8) is 0 Å². The first-order chi connectivity index (χ1) is 7.54. The number of amides is 1. The van der Waals surface area contributed by atoms with Crippen LogP contribution in [-0.2, 0) is 9.53 Å². The molecule has 1 amide bonds.